The van der Waals surface area contributed by atoms with Crippen molar-refractivity contribution in [2.75, 3.05) is 19.8 Å². The molecule has 1 aliphatic carbocycles. The molecule has 9 nitrogen and oxygen atoms in total. The number of aliphatic carboxylic acids is 1. The third-order valence-corrected chi connectivity index (χ3v) is 4.42. The van der Waals surface area contributed by atoms with Crippen molar-refractivity contribution in [3.05, 3.63) is 29.6 Å². The second kappa shape index (κ2) is 6.32. The van der Waals surface area contributed by atoms with Crippen molar-refractivity contribution in [3.8, 4) is 17.2 Å². The first-order chi connectivity index (χ1) is 12.5. The molecule has 1 amide bonds. The second-order valence-electron chi connectivity index (χ2n) is 6.32. The maximum atomic E-state index is 12.8. The summed E-state index contributed by atoms with van der Waals surface area (Å²) in [5.74, 6) is -0.171. The van der Waals surface area contributed by atoms with E-state index >= 15 is 0 Å². The number of fused-ring (bicyclic) bond motifs is 1. The van der Waals surface area contributed by atoms with Crippen LogP contribution in [0.5, 0.6) is 11.5 Å². The highest BCUT2D eigenvalue weighted by Crippen LogP contribution is 2.32. The first-order valence-corrected chi connectivity index (χ1v) is 8.39. The van der Waals surface area contributed by atoms with E-state index in [4.69, 9.17) is 14.6 Å². The van der Waals surface area contributed by atoms with E-state index in [1.807, 2.05) is 0 Å². The summed E-state index contributed by atoms with van der Waals surface area (Å²) in [6.45, 7) is 2.38. The zero-order valence-corrected chi connectivity index (χ0v) is 14.2. The van der Waals surface area contributed by atoms with E-state index in [0.717, 1.165) is 12.8 Å². The summed E-state index contributed by atoms with van der Waals surface area (Å²) >= 11 is 0. The monoisotopic (exact) mass is 358 g/mol. The molecule has 0 radical (unpaired) electrons. The van der Waals surface area contributed by atoms with E-state index < -0.39 is 11.9 Å². The van der Waals surface area contributed by atoms with E-state index in [-0.39, 0.29) is 18.3 Å². The summed E-state index contributed by atoms with van der Waals surface area (Å²) in [7, 11) is 0. The lowest BCUT2D eigenvalue weighted by Gasteiger charge is -2.19. The molecule has 1 saturated carbocycles. The maximum Gasteiger partial charge on any atom is 0.323 e. The average Bonchev–Trinajstić information content (AvgIpc) is 3.40. The van der Waals surface area contributed by atoms with Gasteiger partial charge < -0.3 is 19.5 Å². The second-order valence-corrected chi connectivity index (χ2v) is 6.32. The minimum Gasteiger partial charge on any atom is -0.486 e. The standard InChI is InChI=1S/C17H18N4O5/c1-10-16(17(24)20(9-15(22)23)11-2-3-11)18-19-21(10)12-4-5-13-14(8-12)26-7-6-25-13/h4-5,8,11H,2-3,6-7,9H2,1H3,(H,22,23). The van der Waals surface area contributed by atoms with Gasteiger partial charge >= 0.3 is 5.97 Å². The number of benzene rings is 1. The molecule has 2 aromatic rings. The molecule has 1 N–H and O–H groups in total. The van der Waals surface area contributed by atoms with Gasteiger partial charge in [0.1, 0.15) is 19.8 Å². The van der Waals surface area contributed by atoms with Crippen molar-refractivity contribution in [2.45, 2.75) is 25.8 Å². The molecule has 1 aromatic heterocycles. The smallest absolute Gasteiger partial charge is 0.323 e. The van der Waals surface area contributed by atoms with Gasteiger partial charge in [-0.3, -0.25) is 9.59 Å². The molecule has 2 aliphatic rings. The van der Waals surface area contributed by atoms with Crippen molar-refractivity contribution < 1.29 is 24.2 Å². The van der Waals surface area contributed by atoms with Gasteiger partial charge in [-0.15, -0.1) is 5.10 Å². The highest BCUT2D eigenvalue weighted by atomic mass is 16.6. The molecule has 9 heteroatoms. The number of carbonyl (C=O) groups is 2. The average molecular weight is 358 g/mol. The summed E-state index contributed by atoms with van der Waals surface area (Å²) in [5.41, 5.74) is 1.39. The van der Waals surface area contributed by atoms with Crippen LogP contribution >= 0.6 is 0 Å². The fourth-order valence-electron chi connectivity index (χ4n) is 2.97. The molecule has 1 aromatic carbocycles. The zero-order valence-electron chi connectivity index (χ0n) is 14.2. The summed E-state index contributed by atoms with van der Waals surface area (Å²) in [6, 6.07) is 5.34. The lowest BCUT2D eigenvalue weighted by atomic mass is 10.2. The Morgan fingerprint density at radius 3 is 2.69 bits per heavy atom. The van der Waals surface area contributed by atoms with Gasteiger partial charge in [0, 0.05) is 12.1 Å². The maximum absolute atomic E-state index is 12.8. The predicted octanol–water partition coefficient (Wildman–Crippen LogP) is 1.04. The van der Waals surface area contributed by atoms with Gasteiger partial charge in [-0.25, -0.2) is 4.68 Å². The molecule has 0 saturated heterocycles. The van der Waals surface area contributed by atoms with Gasteiger partial charge in [0.15, 0.2) is 17.2 Å². The lowest BCUT2D eigenvalue weighted by Crippen LogP contribution is -2.38. The first kappa shape index (κ1) is 16.4. The molecule has 4 rings (SSSR count). The van der Waals surface area contributed by atoms with Crippen LogP contribution in [0.25, 0.3) is 5.69 Å². The van der Waals surface area contributed by atoms with Crippen LogP contribution in [0.3, 0.4) is 0 Å². The van der Waals surface area contributed by atoms with Crippen molar-refractivity contribution in [1.82, 2.24) is 19.9 Å². The highest BCUT2D eigenvalue weighted by Gasteiger charge is 2.36. The molecule has 1 aliphatic heterocycles. The molecule has 1 fully saturated rings. The van der Waals surface area contributed by atoms with Crippen molar-refractivity contribution in [3.63, 3.8) is 0 Å². The molecular weight excluding hydrogens is 340 g/mol. The van der Waals surface area contributed by atoms with Gasteiger partial charge in [0.2, 0.25) is 0 Å². The number of ether oxygens (including phenoxy) is 2. The highest BCUT2D eigenvalue weighted by molar-refractivity contribution is 5.95. The molecule has 0 unspecified atom stereocenters. The zero-order chi connectivity index (χ0) is 18.3. The van der Waals surface area contributed by atoms with Crippen LogP contribution in [-0.2, 0) is 4.79 Å². The summed E-state index contributed by atoms with van der Waals surface area (Å²) in [5, 5.41) is 17.1. The van der Waals surface area contributed by atoms with Crippen LogP contribution in [0.15, 0.2) is 18.2 Å². The SMILES string of the molecule is Cc1c(C(=O)N(CC(=O)O)C2CC2)nnn1-c1ccc2c(c1)OCCO2. The Hall–Kier alpha value is -3.10. The van der Waals surface area contributed by atoms with Crippen LogP contribution in [0.2, 0.25) is 0 Å². The fraction of sp³-hybridized carbons (Fsp3) is 0.412. The van der Waals surface area contributed by atoms with Gasteiger partial charge in [0.05, 0.1) is 11.4 Å². The molecule has 2 heterocycles. The lowest BCUT2D eigenvalue weighted by molar-refractivity contribution is -0.137. The van der Waals surface area contributed by atoms with Crippen LogP contribution in [-0.4, -0.2) is 62.7 Å². The number of nitrogens with zero attached hydrogens (tertiary/aromatic N) is 4. The Balaban J connectivity index is 1.63. The number of carboxylic acid groups (broad SMARTS) is 1. The van der Waals surface area contributed by atoms with Crippen molar-refractivity contribution in [1.29, 1.82) is 0 Å². The molecule has 0 spiro atoms. The third kappa shape index (κ3) is 2.96. The largest absolute Gasteiger partial charge is 0.486 e. The van der Waals surface area contributed by atoms with Gasteiger partial charge in [-0.1, -0.05) is 5.21 Å². The van der Waals surface area contributed by atoms with E-state index in [0.29, 0.717) is 36.1 Å². The Bertz CT molecular complexity index is 874. The third-order valence-electron chi connectivity index (χ3n) is 4.42. The predicted molar refractivity (Wildman–Crippen MR) is 88.8 cm³/mol. The van der Waals surface area contributed by atoms with E-state index in [1.165, 1.54) is 9.58 Å². The number of aromatic nitrogens is 3. The van der Waals surface area contributed by atoms with E-state index in [1.54, 1.807) is 25.1 Å². The molecule has 0 bridgehead atoms. The van der Waals surface area contributed by atoms with Crippen molar-refractivity contribution >= 4 is 11.9 Å². The number of carboxylic acids is 1. The number of hydrogen-bond acceptors (Lipinski definition) is 6. The summed E-state index contributed by atoms with van der Waals surface area (Å²) < 4.78 is 12.6. The number of rotatable bonds is 5. The fourth-order valence-corrected chi connectivity index (χ4v) is 2.97. The molecule has 136 valence electrons. The first-order valence-electron chi connectivity index (χ1n) is 8.39. The van der Waals surface area contributed by atoms with Gasteiger partial charge in [0.25, 0.3) is 5.91 Å². The van der Waals surface area contributed by atoms with Crippen LogP contribution in [0.4, 0.5) is 0 Å². The van der Waals surface area contributed by atoms with Crippen molar-refractivity contribution in [2.24, 2.45) is 0 Å². The number of carbonyl (C=O) groups excluding carboxylic acids is 1. The number of amides is 1. The Morgan fingerprint density at radius 2 is 2.00 bits per heavy atom. The van der Waals surface area contributed by atoms with Gasteiger partial charge in [-0.05, 0) is 31.9 Å². The summed E-state index contributed by atoms with van der Waals surface area (Å²) in [6.07, 6.45) is 1.63. The summed E-state index contributed by atoms with van der Waals surface area (Å²) in [4.78, 5) is 25.2. The quantitative estimate of drug-likeness (QED) is 0.851. The van der Waals surface area contributed by atoms with Crippen LogP contribution < -0.4 is 9.47 Å². The van der Waals surface area contributed by atoms with E-state index in [2.05, 4.69) is 10.3 Å². The van der Waals surface area contributed by atoms with E-state index in [9.17, 15) is 9.59 Å². The minimum absolute atomic E-state index is 0.0301. The van der Waals surface area contributed by atoms with Crippen LogP contribution in [0.1, 0.15) is 29.0 Å². The normalized spacial score (nSPS) is 15.6. The topological polar surface area (TPSA) is 107 Å². The Kier molecular flexibility index (Phi) is 3.98. The molecule has 0 atom stereocenters. The minimum atomic E-state index is -1.04. The molecular formula is C17H18N4O5. The van der Waals surface area contributed by atoms with Gasteiger partial charge in [-0.2, -0.15) is 0 Å². The Morgan fingerprint density at radius 1 is 1.27 bits per heavy atom. The van der Waals surface area contributed by atoms with Crippen LogP contribution in [0, 0.1) is 6.92 Å². The Labute approximate surface area is 149 Å². The number of hydrogen-bond donors (Lipinski definition) is 1. The molecule has 26 heavy (non-hydrogen) atoms.